The Morgan fingerprint density at radius 3 is 2.44 bits per heavy atom. The first-order valence-corrected chi connectivity index (χ1v) is 6.19. The summed E-state index contributed by atoms with van der Waals surface area (Å²) >= 11 is 5.91. The highest BCUT2D eigenvalue weighted by atomic mass is 35.5. The molecule has 0 heterocycles. The zero-order chi connectivity index (χ0) is 13.1. The van der Waals surface area contributed by atoms with E-state index in [1.807, 2.05) is 44.2 Å². The van der Waals surface area contributed by atoms with E-state index < -0.39 is 0 Å². The van der Waals surface area contributed by atoms with Gasteiger partial charge in [0.15, 0.2) is 0 Å². The van der Waals surface area contributed by atoms with E-state index >= 15 is 0 Å². The molecule has 0 amide bonds. The van der Waals surface area contributed by atoms with Crippen LogP contribution in [0.1, 0.15) is 13.8 Å². The summed E-state index contributed by atoms with van der Waals surface area (Å²) in [4.78, 5) is 0. The average molecular weight is 263 g/mol. The van der Waals surface area contributed by atoms with Crippen LogP contribution >= 0.6 is 11.6 Å². The molecule has 0 saturated carbocycles. The summed E-state index contributed by atoms with van der Waals surface area (Å²) in [6, 6.07) is 13.0. The molecule has 2 aromatic rings. The largest absolute Gasteiger partial charge is 0.506 e. The van der Waals surface area contributed by atoms with Gasteiger partial charge in [-0.25, -0.2) is 0 Å². The van der Waals surface area contributed by atoms with Crippen LogP contribution in [-0.2, 0) is 0 Å². The van der Waals surface area contributed by atoms with Gasteiger partial charge in [0.2, 0.25) is 0 Å². The molecule has 2 rings (SSSR count). The molecular weight excluding hydrogens is 248 g/mol. The lowest BCUT2D eigenvalue weighted by Gasteiger charge is -2.11. The van der Waals surface area contributed by atoms with E-state index in [-0.39, 0.29) is 11.9 Å². The van der Waals surface area contributed by atoms with E-state index in [1.54, 1.807) is 12.1 Å². The van der Waals surface area contributed by atoms with Crippen LogP contribution in [0.3, 0.4) is 0 Å². The molecule has 0 unspecified atom stereocenters. The van der Waals surface area contributed by atoms with Crippen LogP contribution in [0.15, 0.2) is 42.5 Å². The van der Waals surface area contributed by atoms with E-state index in [4.69, 9.17) is 16.3 Å². The van der Waals surface area contributed by atoms with Crippen LogP contribution in [0.4, 0.5) is 0 Å². The van der Waals surface area contributed by atoms with Gasteiger partial charge in [-0.05, 0) is 49.2 Å². The van der Waals surface area contributed by atoms with E-state index in [0.29, 0.717) is 5.02 Å². The summed E-state index contributed by atoms with van der Waals surface area (Å²) in [5, 5.41) is 9.76. The first-order valence-electron chi connectivity index (χ1n) is 5.82. The van der Waals surface area contributed by atoms with Crippen molar-refractivity contribution in [2.75, 3.05) is 0 Å². The van der Waals surface area contributed by atoms with Crippen molar-refractivity contribution in [2.45, 2.75) is 20.0 Å². The highest BCUT2D eigenvalue weighted by molar-refractivity contribution is 6.32. The molecule has 2 aromatic carbocycles. The molecule has 0 aliphatic heterocycles. The quantitative estimate of drug-likeness (QED) is 0.882. The monoisotopic (exact) mass is 262 g/mol. The number of phenolic OH excluding ortho intramolecular Hbond substituents is 1. The van der Waals surface area contributed by atoms with Crippen LogP contribution < -0.4 is 4.74 Å². The van der Waals surface area contributed by atoms with Crippen LogP contribution in [-0.4, -0.2) is 11.2 Å². The third kappa shape index (κ3) is 2.96. The Hall–Kier alpha value is -1.67. The van der Waals surface area contributed by atoms with Crippen molar-refractivity contribution in [3.63, 3.8) is 0 Å². The fourth-order valence-electron chi connectivity index (χ4n) is 1.71. The summed E-state index contributed by atoms with van der Waals surface area (Å²) in [5.74, 6) is 0.918. The Morgan fingerprint density at radius 2 is 1.78 bits per heavy atom. The number of ether oxygens (including phenoxy) is 1. The zero-order valence-electron chi connectivity index (χ0n) is 10.4. The fraction of sp³-hybridized carbons (Fsp3) is 0.200. The Balaban J connectivity index is 2.35. The van der Waals surface area contributed by atoms with Gasteiger partial charge in [0.25, 0.3) is 0 Å². The normalized spacial score (nSPS) is 10.7. The van der Waals surface area contributed by atoms with E-state index in [1.165, 1.54) is 0 Å². The van der Waals surface area contributed by atoms with Crippen molar-refractivity contribution in [1.82, 2.24) is 0 Å². The minimum Gasteiger partial charge on any atom is -0.506 e. The van der Waals surface area contributed by atoms with Gasteiger partial charge in [-0.2, -0.15) is 0 Å². The molecule has 0 aliphatic rings. The van der Waals surface area contributed by atoms with Gasteiger partial charge >= 0.3 is 0 Å². The maximum atomic E-state index is 9.41. The van der Waals surface area contributed by atoms with Gasteiger partial charge in [0.1, 0.15) is 11.5 Å². The summed E-state index contributed by atoms with van der Waals surface area (Å²) in [7, 11) is 0. The molecule has 0 radical (unpaired) electrons. The van der Waals surface area contributed by atoms with Crippen molar-refractivity contribution in [1.29, 1.82) is 0 Å². The SMILES string of the molecule is CC(C)Oc1cccc(-c2ccc(O)c(Cl)c2)c1. The Morgan fingerprint density at radius 1 is 1.06 bits per heavy atom. The number of aromatic hydroxyl groups is 1. The van der Waals surface area contributed by atoms with Gasteiger partial charge < -0.3 is 9.84 Å². The maximum absolute atomic E-state index is 9.41. The van der Waals surface area contributed by atoms with Crippen LogP contribution in [0.2, 0.25) is 5.02 Å². The molecule has 0 fully saturated rings. The highest BCUT2D eigenvalue weighted by Crippen LogP contribution is 2.30. The lowest BCUT2D eigenvalue weighted by molar-refractivity contribution is 0.242. The van der Waals surface area contributed by atoms with Gasteiger partial charge in [-0.1, -0.05) is 29.8 Å². The molecule has 0 bridgehead atoms. The second kappa shape index (κ2) is 5.32. The van der Waals surface area contributed by atoms with E-state index in [9.17, 15) is 5.11 Å². The maximum Gasteiger partial charge on any atom is 0.134 e. The van der Waals surface area contributed by atoms with Crippen molar-refractivity contribution < 1.29 is 9.84 Å². The number of phenols is 1. The van der Waals surface area contributed by atoms with Crippen molar-refractivity contribution in [2.24, 2.45) is 0 Å². The third-order valence-electron chi connectivity index (χ3n) is 2.49. The lowest BCUT2D eigenvalue weighted by Crippen LogP contribution is -2.05. The summed E-state index contributed by atoms with van der Waals surface area (Å²) in [6.45, 7) is 3.98. The molecular formula is C15H15ClO2. The fourth-order valence-corrected chi connectivity index (χ4v) is 1.89. The third-order valence-corrected chi connectivity index (χ3v) is 2.79. The minimum atomic E-state index is 0.0926. The molecule has 3 heteroatoms. The molecule has 0 spiro atoms. The minimum absolute atomic E-state index is 0.0926. The van der Waals surface area contributed by atoms with Crippen LogP contribution in [0, 0.1) is 0 Å². The lowest BCUT2D eigenvalue weighted by atomic mass is 10.1. The topological polar surface area (TPSA) is 29.5 Å². The first-order chi connectivity index (χ1) is 8.56. The van der Waals surface area contributed by atoms with Crippen LogP contribution in [0.25, 0.3) is 11.1 Å². The van der Waals surface area contributed by atoms with E-state index in [0.717, 1.165) is 16.9 Å². The number of hydrogen-bond donors (Lipinski definition) is 1. The highest BCUT2D eigenvalue weighted by Gasteiger charge is 2.04. The first kappa shape index (κ1) is 12.8. The molecule has 94 valence electrons. The van der Waals surface area contributed by atoms with Gasteiger partial charge in [0, 0.05) is 0 Å². The van der Waals surface area contributed by atoms with Gasteiger partial charge in [-0.3, -0.25) is 0 Å². The predicted molar refractivity (Wildman–Crippen MR) is 74.3 cm³/mol. The van der Waals surface area contributed by atoms with Crippen molar-refractivity contribution >= 4 is 11.6 Å². The number of hydrogen-bond acceptors (Lipinski definition) is 2. The summed E-state index contributed by atoms with van der Waals surface area (Å²) in [6.07, 6.45) is 0.142. The standard InChI is InChI=1S/C15H15ClO2/c1-10(2)18-13-5-3-4-11(8-13)12-6-7-15(17)14(16)9-12/h3-10,17H,1-2H3. The number of benzene rings is 2. The molecule has 2 nitrogen and oxygen atoms in total. The van der Waals surface area contributed by atoms with Crippen molar-refractivity contribution in [3.8, 4) is 22.6 Å². The molecule has 0 aliphatic carbocycles. The smallest absolute Gasteiger partial charge is 0.134 e. The molecule has 18 heavy (non-hydrogen) atoms. The Kier molecular flexibility index (Phi) is 3.78. The average Bonchev–Trinajstić information content (AvgIpc) is 2.32. The number of rotatable bonds is 3. The van der Waals surface area contributed by atoms with Gasteiger partial charge in [0.05, 0.1) is 11.1 Å². The Labute approximate surface area is 112 Å². The summed E-state index contributed by atoms with van der Waals surface area (Å²) < 4.78 is 5.65. The molecule has 0 saturated heterocycles. The molecule has 0 atom stereocenters. The molecule has 1 N–H and O–H groups in total. The van der Waals surface area contributed by atoms with Crippen LogP contribution in [0.5, 0.6) is 11.5 Å². The van der Waals surface area contributed by atoms with Gasteiger partial charge in [-0.15, -0.1) is 0 Å². The summed E-state index contributed by atoms with van der Waals surface area (Å²) in [5.41, 5.74) is 1.96. The zero-order valence-corrected chi connectivity index (χ0v) is 11.1. The van der Waals surface area contributed by atoms with E-state index in [2.05, 4.69) is 0 Å². The van der Waals surface area contributed by atoms with Crippen molar-refractivity contribution in [3.05, 3.63) is 47.5 Å². The predicted octanol–water partition coefficient (Wildman–Crippen LogP) is 4.50. The molecule has 0 aromatic heterocycles. The second-order valence-corrected chi connectivity index (χ2v) is 4.77. The number of halogens is 1. The Bertz CT molecular complexity index is 550. The second-order valence-electron chi connectivity index (χ2n) is 4.36.